The first-order chi connectivity index (χ1) is 13.3. The van der Waals surface area contributed by atoms with Crippen molar-refractivity contribution in [2.75, 3.05) is 0 Å². The van der Waals surface area contributed by atoms with Crippen LogP contribution in [0.2, 0.25) is 0 Å². The second-order valence-corrected chi connectivity index (χ2v) is 9.24. The van der Waals surface area contributed by atoms with Crippen molar-refractivity contribution in [3.63, 3.8) is 0 Å². The van der Waals surface area contributed by atoms with Gasteiger partial charge >= 0.3 is 11.9 Å². The van der Waals surface area contributed by atoms with E-state index < -0.39 is 33.0 Å². The van der Waals surface area contributed by atoms with Crippen molar-refractivity contribution in [1.82, 2.24) is 0 Å². The number of carbonyl (C=O) groups is 3. The lowest BCUT2D eigenvalue weighted by atomic mass is 9.63. The molecule has 5 heteroatoms. The second kappa shape index (κ2) is 5.29. The van der Waals surface area contributed by atoms with Gasteiger partial charge < -0.3 is 4.74 Å². The van der Waals surface area contributed by atoms with Gasteiger partial charge in [0.15, 0.2) is 10.1 Å². The van der Waals surface area contributed by atoms with Gasteiger partial charge in [-0.15, -0.1) is 0 Å². The van der Waals surface area contributed by atoms with Crippen molar-refractivity contribution in [3.8, 4) is 0 Å². The molecule has 2 aliphatic carbocycles. The van der Waals surface area contributed by atoms with Crippen LogP contribution in [-0.2, 0) is 19.1 Å². The van der Waals surface area contributed by atoms with Gasteiger partial charge in [0.1, 0.15) is 5.92 Å². The van der Waals surface area contributed by atoms with E-state index in [2.05, 4.69) is 15.9 Å². The molecule has 0 spiro atoms. The minimum atomic E-state index is -1.40. The zero-order valence-corrected chi connectivity index (χ0v) is 16.9. The Balaban J connectivity index is 1.94. The molecule has 2 aromatic rings. The molecule has 0 radical (unpaired) electrons. The number of fused-ring (bicyclic) bond motifs is 5. The highest BCUT2D eigenvalue weighted by Gasteiger charge is 2.85. The number of benzene rings is 2. The van der Waals surface area contributed by atoms with Gasteiger partial charge in [0.05, 0.1) is 10.8 Å². The zero-order valence-electron chi connectivity index (χ0n) is 15.4. The Labute approximate surface area is 170 Å². The molecule has 1 saturated carbocycles. The fourth-order valence-electron chi connectivity index (χ4n) is 5.60. The zero-order chi connectivity index (χ0) is 19.9. The molecule has 1 heterocycles. The van der Waals surface area contributed by atoms with E-state index in [9.17, 15) is 14.4 Å². The van der Waals surface area contributed by atoms with Gasteiger partial charge in [-0.05, 0) is 36.1 Å². The summed E-state index contributed by atoms with van der Waals surface area (Å²) >= 11 is 3.55. The number of esters is 2. The second-order valence-electron chi connectivity index (χ2n) is 7.99. The summed E-state index contributed by atoms with van der Waals surface area (Å²) in [5.41, 5.74) is 0.953. The highest BCUT2D eigenvalue weighted by Crippen LogP contribution is 2.77. The number of hydrogen-bond acceptors (Lipinski definition) is 4. The number of rotatable bonds is 2. The Morgan fingerprint density at radius 1 is 0.821 bits per heavy atom. The quantitative estimate of drug-likeness (QED) is 0.404. The Bertz CT molecular complexity index is 1090. The van der Waals surface area contributed by atoms with Gasteiger partial charge in [-0.3, -0.25) is 9.59 Å². The molecule has 4 nitrogen and oxygen atoms in total. The molecule has 0 aromatic heterocycles. The van der Waals surface area contributed by atoms with E-state index in [-0.39, 0.29) is 5.78 Å². The van der Waals surface area contributed by atoms with Gasteiger partial charge in [0, 0.05) is 0 Å². The molecule has 1 aliphatic heterocycles. The van der Waals surface area contributed by atoms with E-state index in [1.165, 1.54) is 0 Å². The number of ether oxygens (including phenoxy) is 1. The van der Waals surface area contributed by atoms with Gasteiger partial charge in [0.25, 0.3) is 0 Å². The van der Waals surface area contributed by atoms with Crippen molar-refractivity contribution < 1.29 is 19.1 Å². The van der Waals surface area contributed by atoms with Gasteiger partial charge in [0.2, 0.25) is 0 Å². The largest absolute Gasteiger partial charge is 0.392 e. The summed E-state index contributed by atoms with van der Waals surface area (Å²) in [6.45, 7) is 3.54. The minimum Gasteiger partial charge on any atom is -0.392 e. The molecular weight excluding hydrogens is 420 g/mol. The van der Waals surface area contributed by atoms with E-state index in [0.717, 1.165) is 22.3 Å². The molecule has 5 rings (SSSR count). The number of carbonyl (C=O) groups excluding carboxylic acids is 3. The predicted molar refractivity (Wildman–Crippen MR) is 107 cm³/mol. The number of allylic oxidation sites excluding steroid dienone is 2. The van der Waals surface area contributed by atoms with Crippen molar-refractivity contribution >= 4 is 44.8 Å². The molecular formula is C23H17BrO4. The summed E-state index contributed by atoms with van der Waals surface area (Å²) in [7, 11) is 0. The molecule has 2 fully saturated rings. The smallest absolute Gasteiger partial charge is 0.332 e. The van der Waals surface area contributed by atoms with Crippen LogP contribution < -0.4 is 0 Å². The molecule has 0 amide bonds. The van der Waals surface area contributed by atoms with E-state index in [1.807, 2.05) is 60.7 Å². The summed E-state index contributed by atoms with van der Waals surface area (Å²) in [5, 5.41) is 0. The first-order valence-electron chi connectivity index (χ1n) is 9.15. The van der Waals surface area contributed by atoms with Gasteiger partial charge in [-0.2, -0.15) is 0 Å². The Morgan fingerprint density at radius 3 is 1.86 bits per heavy atom. The number of Topliss-reactive ketones (excluding diaryl/α,β-unsaturated/α-hetero) is 1. The molecule has 4 atom stereocenters. The van der Waals surface area contributed by atoms with E-state index in [4.69, 9.17) is 4.74 Å². The first kappa shape index (κ1) is 17.6. The average Bonchev–Trinajstić information content (AvgIpc) is 3.10. The third-order valence-electron chi connectivity index (χ3n) is 6.75. The van der Waals surface area contributed by atoms with Crippen LogP contribution in [0.25, 0.3) is 11.1 Å². The summed E-state index contributed by atoms with van der Waals surface area (Å²) in [4.78, 5) is 39.4. The van der Waals surface area contributed by atoms with Crippen LogP contribution in [0.3, 0.4) is 0 Å². The fraction of sp³-hybridized carbons (Fsp3) is 0.261. The average molecular weight is 437 g/mol. The monoisotopic (exact) mass is 436 g/mol. The van der Waals surface area contributed by atoms with Crippen molar-refractivity contribution in [2.45, 2.75) is 18.2 Å². The standard InChI is InChI=1S/C23H17BrO4/c1-21-15(13-9-5-3-6-10-13)16(14-11-7-4-8-12-14)22(2,19(21)26)23(24)17(21)18(25)28-20(23)27/h3-12,17H,1-2H3. The fourth-order valence-corrected chi connectivity index (χ4v) is 6.70. The molecule has 0 N–H and O–H groups in total. The number of halogens is 1. The molecule has 140 valence electrons. The molecule has 4 unspecified atom stereocenters. The maximum Gasteiger partial charge on any atom is 0.332 e. The predicted octanol–water partition coefficient (Wildman–Crippen LogP) is 4.04. The normalized spacial score (nSPS) is 36.1. The van der Waals surface area contributed by atoms with Crippen molar-refractivity contribution in [1.29, 1.82) is 0 Å². The number of cyclic esters (lactones) is 2. The molecule has 1 saturated heterocycles. The van der Waals surface area contributed by atoms with Crippen molar-refractivity contribution in [2.24, 2.45) is 16.7 Å². The molecule has 2 aromatic carbocycles. The van der Waals surface area contributed by atoms with Crippen LogP contribution in [-0.4, -0.2) is 22.0 Å². The van der Waals surface area contributed by atoms with Crippen LogP contribution in [0.15, 0.2) is 60.7 Å². The summed E-state index contributed by atoms with van der Waals surface area (Å²) in [5.74, 6) is -2.33. The van der Waals surface area contributed by atoms with Crippen LogP contribution in [0.1, 0.15) is 25.0 Å². The minimum absolute atomic E-state index is 0.121. The molecule has 28 heavy (non-hydrogen) atoms. The van der Waals surface area contributed by atoms with Gasteiger partial charge in [-0.25, -0.2) is 4.79 Å². The Hall–Kier alpha value is -2.53. The van der Waals surface area contributed by atoms with Gasteiger partial charge in [-0.1, -0.05) is 76.6 Å². The summed E-state index contributed by atoms with van der Waals surface area (Å²) in [6.07, 6.45) is 0. The van der Waals surface area contributed by atoms with Crippen LogP contribution in [0.5, 0.6) is 0 Å². The lowest BCUT2D eigenvalue weighted by Gasteiger charge is -2.40. The van der Waals surface area contributed by atoms with Crippen LogP contribution in [0, 0.1) is 16.7 Å². The third kappa shape index (κ3) is 1.66. The number of ketones is 1. The topological polar surface area (TPSA) is 60.4 Å². The van der Waals surface area contributed by atoms with Crippen molar-refractivity contribution in [3.05, 3.63) is 71.8 Å². The Morgan fingerprint density at radius 2 is 1.32 bits per heavy atom. The maximum absolute atomic E-state index is 13.9. The molecule has 3 aliphatic rings. The summed E-state index contributed by atoms with van der Waals surface area (Å²) in [6, 6.07) is 19.2. The van der Waals surface area contributed by atoms with E-state index >= 15 is 0 Å². The number of alkyl halides is 1. The summed E-state index contributed by atoms with van der Waals surface area (Å²) < 4.78 is 3.66. The van der Waals surface area contributed by atoms with Crippen LogP contribution >= 0.6 is 15.9 Å². The lowest BCUT2D eigenvalue weighted by Crippen LogP contribution is -2.49. The lowest BCUT2D eigenvalue weighted by molar-refractivity contribution is -0.157. The van der Waals surface area contributed by atoms with Crippen LogP contribution in [0.4, 0.5) is 0 Å². The highest BCUT2D eigenvalue weighted by molar-refractivity contribution is 9.10. The van der Waals surface area contributed by atoms with E-state index in [1.54, 1.807) is 13.8 Å². The highest BCUT2D eigenvalue weighted by atomic mass is 79.9. The number of hydrogen-bond donors (Lipinski definition) is 0. The molecule has 2 bridgehead atoms. The third-order valence-corrected chi connectivity index (χ3v) is 8.32. The SMILES string of the molecule is CC12C(=O)C(C)(C(c3ccccc3)=C1c1ccccc1)C1(Br)C(=O)OC(=O)C21. The Kier molecular flexibility index (Phi) is 3.32. The maximum atomic E-state index is 13.9. The van der Waals surface area contributed by atoms with E-state index in [0.29, 0.717) is 0 Å². The first-order valence-corrected chi connectivity index (χ1v) is 9.94.